The van der Waals surface area contributed by atoms with Gasteiger partial charge in [-0.25, -0.2) is 4.98 Å². The second-order valence-electron chi connectivity index (χ2n) is 9.38. The van der Waals surface area contributed by atoms with Gasteiger partial charge in [-0.05, 0) is 52.0 Å². The first kappa shape index (κ1) is 23.0. The Morgan fingerprint density at radius 1 is 1.06 bits per heavy atom. The van der Waals surface area contributed by atoms with Gasteiger partial charge in [0.2, 0.25) is 5.91 Å². The molecule has 1 amide bonds. The Labute approximate surface area is 189 Å². The van der Waals surface area contributed by atoms with E-state index in [-0.39, 0.29) is 29.3 Å². The van der Waals surface area contributed by atoms with E-state index in [0.717, 1.165) is 76.0 Å². The molecule has 3 aliphatic heterocycles. The third-order valence-corrected chi connectivity index (χ3v) is 7.14. The molecule has 2 fully saturated rings. The van der Waals surface area contributed by atoms with E-state index < -0.39 is 0 Å². The number of likely N-dealkylation sites (tertiary alicyclic amines) is 2. The predicted molar refractivity (Wildman–Crippen MR) is 120 cm³/mol. The molecule has 0 unspecified atom stereocenters. The van der Waals surface area contributed by atoms with Gasteiger partial charge in [-0.3, -0.25) is 23.9 Å². The highest BCUT2D eigenvalue weighted by Gasteiger charge is 2.30. The number of amides is 1. The van der Waals surface area contributed by atoms with Crippen LogP contribution in [0, 0.1) is 5.92 Å². The summed E-state index contributed by atoms with van der Waals surface area (Å²) in [5, 5.41) is 0. The van der Waals surface area contributed by atoms with Crippen molar-refractivity contribution in [2.45, 2.75) is 70.8 Å². The molecule has 1 aromatic heterocycles. The first-order chi connectivity index (χ1) is 15.5. The molecule has 8 nitrogen and oxygen atoms in total. The van der Waals surface area contributed by atoms with E-state index in [1.54, 1.807) is 6.07 Å². The lowest BCUT2D eigenvalue weighted by atomic mass is 9.93. The zero-order chi connectivity index (χ0) is 22.5. The first-order valence-electron chi connectivity index (χ1n) is 12.3. The van der Waals surface area contributed by atoms with Crippen LogP contribution in [-0.4, -0.2) is 70.6 Å². The molecule has 4 heterocycles. The van der Waals surface area contributed by atoms with Crippen LogP contribution in [0.3, 0.4) is 0 Å². The lowest BCUT2D eigenvalue weighted by Gasteiger charge is -2.35. The van der Waals surface area contributed by atoms with Crippen LogP contribution in [0.2, 0.25) is 0 Å². The van der Waals surface area contributed by atoms with Crippen molar-refractivity contribution < 1.29 is 14.3 Å². The van der Waals surface area contributed by atoms with Crippen molar-refractivity contribution >= 4 is 11.9 Å². The molecule has 32 heavy (non-hydrogen) atoms. The van der Waals surface area contributed by atoms with Gasteiger partial charge in [0, 0.05) is 44.6 Å². The summed E-state index contributed by atoms with van der Waals surface area (Å²) in [6.07, 6.45) is 7.60. The van der Waals surface area contributed by atoms with Gasteiger partial charge in [-0.1, -0.05) is 6.42 Å². The largest absolute Gasteiger partial charge is 0.466 e. The molecule has 1 atom stereocenters. The summed E-state index contributed by atoms with van der Waals surface area (Å²) in [6.45, 7) is 6.20. The van der Waals surface area contributed by atoms with Gasteiger partial charge >= 0.3 is 5.97 Å². The van der Waals surface area contributed by atoms with Crippen molar-refractivity contribution in [2.75, 3.05) is 39.3 Å². The minimum absolute atomic E-state index is 0.0756. The van der Waals surface area contributed by atoms with E-state index in [1.807, 2.05) is 16.4 Å². The SMILES string of the molecule is CCOC(=O)[C@@H]1CCCN(CC(=O)N2CCC(c3cc(=O)n4c(n3)CCCCC4)CC2)C1. The summed E-state index contributed by atoms with van der Waals surface area (Å²) in [5.41, 5.74) is 0.982. The highest BCUT2D eigenvalue weighted by Crippen LogP contribution is 2.27. The van der Waals surface area contributed by atoms with Crippen LogP contribution < -0.4 is 5.56 Å². The molecule has 0 bridgehead atoms. The quantitative estimate of drug-likeness (QED) is 0.646. The Bertz CT molecular complexity index is 875. The minimum Gasteiger partial charge on any atom is -0.466 e. The van der Waals surface area contributed by atoms with Crippen molar-refractivity contribution in [2.24, 2.45) is 5.92 Å². The zero-order valence-electron chi connectivity index (χ0n) is 19.3. The van der Waals surface area contributed by atoms with Crippen molar-refractivity contribution in [3.8, 4) is 0 Å². The molecular formula is C24H36N4O4. The molecule has 0 saturated carbocycles. The van der Waals surface area contributed by atoms with E-state index in [1.165, 1.54) is 0 Å². The van der Waals surface area contributed by atoms with Crippen molar-refractivity contribution in [3.63, 3.8) is 0 Å². The normalized spacial score (nSPS) is 22.8. The maximum absolute atomic E-state index is 12.9. The topological polar surface area (TPSA) is 84.7 Å². The monoisotopic (exact) mass is 444 g/mol. The van der Waals surface area contributed by atoms with E-state index in [9.17, 15) is 14.4 Å². The van der Waals surface area contributed by atoms with Crippen molar-refractivity contribution in [1.82, 2.24) is 19.4 Å². The number of aryl methyl sites for hydroxylation is 1. The molecule has 4 rings (SSSR count). The van der Waals surface area contributed by atoms with Crippen LogP contribution in [0.5, 0.6) is 0 Å². The lowest BCUT2D eigenvalue weighted by molar-refractivity contribution is -0.150. The maximum atomic E-state index is 12.9. The summed E-state index contributed by atoms with van der Waals surface area (Å²) in [5.74, 6) is 1.03. The molecule has 176 valence electrons. The number of hydrogen-bond acceptors (Lipinski definition) is 6. The van der Waals surface area contributed by atoms with Gasteiger partial charge in [0.25, 0.3) is 5.56 Å². The Balaban J connectivity index is 1.30. The summed E-state index contributed by atoms with van der Waals surface area (Å²) in [7, 11) is 0. The Morgan fingerprint density at radius 3 is 2.66 bits per heavy atom. The number of esters is 1. The molecule has 8 heteroatoms. The molecule has 0 spiro atoms. The van der Waals surface area contributed by atoms with Gasteiger partial charge in [0.15, 0.2) is 0 Å². The van der Waals surface area contributed by atoms with Gasteiger partial charge in [-0.2, -0.15) is 0 Å². The average Bonchev–Trinajstić information content (AvgIpc) is 3.05. The van der Waals surface area contributed by atoms with Gasteiger partial charge in [0.1, 0.15) is 5.82 Å². The van der Waals surface area contributed by atoms with Gasteiger partial charge in [0.05, 0.1) is 24.8 Å². The van der Waals surface area contributed by atoms with E-state index in [4.69, 9.17) is 9.72 Å². The van der Waals surface area contributed by atoms with E-state index in [2.05, 4.69) is 4.90 Å². The summed E-state index contributed by atoms with van der Waals surface area (Å²) >= 11 is 0. The Kier molecular flexibility index (Phi) is 7.60. The van der Waals surface area contributed by atoms with Crippen LogP contribution in [0.25, 0.3) is 0 Å². The molecule has 3 aliphatic rings. The van der Waals surface area contributed by atoms with Gasteiger partial charge in [-0.15, -0.1) is 0 Å². The van der Waals surface area contributed by atoms with Crippen LogP contribution in [0.1, 0.15) is 69.3 Å². The standard InChI is InChI=1S/C24H36N4O4/c1-2-32-24(31)19-7-6-11-26(16-19)17-23(30)27-13-9-18(10-14-27)20-15-22(29)28-12-5-3-4-8-21(28)25-20/h15,18-19H,2-14,16-17H2,1H3/t19-/m1/s1. The summed E-state index contributed by atoms with van der Waals surface area (Å²) < 4.78 is 7.01. The van der Waals surface area contributed by atoms with Crippen LogP contribution in [-0.2, 0) is 27.3 Å². The highest BCUT2D eigenvalue weighted by molar-refractivity contribution is 5.78. The third kappa shape index (κ3) is 5.39. The summed E-state index contributed by atoms with van der Waals surface area (Å²) in [6, 6.07) is 1.72. The number of carbonyl (C=O) groups excluding carboxylic acids is 2. The lowest BCUT2D eigenvalue weighted by Crippen LogP contribution is -2.47. The molecule has 1 aromatic rings. The summed E-state index contributed by atoms with van der Waals surface area (Å²) in [4.78, 5) is 46.5. The molecule has 0 radical (unpaired) electrons. The number of piperidine rings is 2. The Morgan fingerprint density at radius 2 is 1.88 bits per heavy atom. The second-order valence-corrected chi connectivity index (χ2v) is 9.38. The molecule has 0 aromatic carbocycles. The molecule has 0 N–H and O–H groups in total. The predicted octanol–water partition coefficient (Wildman–Crippen LogP) is 1.95. The molecular weight excluding hydrogens is 408 g/mol. The maximum Gasteiger partial charge on any atom is 0.310 e. The zero-order valence-corrected chi connectivity index (χ0v) is 19.3. The number of rotatable bonds is 5. The molecule has 0 aliphatic carbocycles. The number of carbonyl (C=O) groups is 2. The van der Waals surface area contributed by atoms with Crippen LogP contribution >= 0.6 is 0 Å². The third-order valence-electron chi connectivity index (χ3n) is 7.14. The number of fused-ring (bicyclic) bond motifs is 1. The van der Waals surface area contributed by atoms with E-state index in [0.29, 0.717) is 32.8 Å². The fraction of sp³-hybridized carbons (Fsp3) is 0.750. The number of ether oxygens (including phenoxy) is 1. The number of nitrogens with zero attached hydrogens (tertiary/aromatic N) is 4. The fourth-order valence-electron chi connectivity index (χ4n) is 5.31. The smallest absolute Gasteiger partial charge is 0.310 e. The second kappa shape index (κ2) is 10.6. The van der Waals surface area contributed by atoms with Gasteiger partial charge < -0.3 is 9.64 Å². The highest BCUT2D eigenvalue weighted by atomic mass is 16.5. The minimum atomic E-state index is -0.144. The fourth-order valence-corrected chi connectivity index (χ4v) is 5.31. The van der Waals surface area contributed by atoms with Crippen LogP contribution in [0.4, 0.5) is 0 Å². The Hall–Kier alpha value is -2.22. The number of hydrogen-bond donors (Lipinski definition) is 0. The van der Waals surface area contributed by atoms with Crippen molar-refractivity contribution in [1.29, 1.82) is 0 Å². The first-order valence-corrected chi connectivity index (χ1v) is 12.3. The van der Waals surface area contributed by atoms with Crippen molar-refractivity contribution in [3.05, 3.63) is 27.9 Å². The van der Waals surface area contributed by atoms with Crippen LogP contribution in [0.15, 0.2) is 10.9 Å². The average molecular weight is 445 g/mol. The number of aromatic nitrogens is 2. The molecule has 2 saturated heterocycles. The van der Waals surface area contributed by atoms with E-state index >= 15 is 0 Å².